The van der Waals surface area contributed by atoms with Gasteiger partial charge in [-0.05, 0) is 50.1 Å². The van der Waals surface area contributed by atoms with Crippen LogP contribution in [0.15, 0.2) is 23.8 Å². The van der Waals surface area contributed by atoms with Crippen molar-refractivity contribution in [3.63, 3.8) is 0 Å². The van der Waals surface area contributed by atoms with Gasteiger partial charge in [0.2, 0.25) is 0 Å². The lowest BCUT2D eigenvalue weighted by molar-refractivity contribution is -0.145. The van der Waals surface area contributed by atoms with E-state index in [1.54, 1.807) is 39.0 Å². The van der Waals surface area contributed by atoms with Gasteiger partial charge in [-0.2, -0.15) is 10.5 Å². The van der Waals surface area contributed by atoms with Crippen molar-refractivity contribution < 1.29 is 33.3 Å². The third-order valence-electron chi connectivity index (χ3n) is 4.68. The molecule has 2 rings (SSSR count). The molecule has 1 heterocycles. The summed E-state index contributed by atoms with van der Waals surface area (Å²) in [5.41, 5.74) is 1.03. The Morgan fingerprint density at radius 2 is 1.80 bits per heavy atom. The van der Waals surface area contributed by atoms with E-state index in [4.69, 9.17) is 18.9 Å². The summed E-state index contributed by atoms with van der Waals surface area (Å²) in [4.78, 5) is 37.2. The van der Waals surface area contributed by atoms with E-state index < -0.39 is 17.7 Å². The fourth-order valence-corrected chi connectivity index (χ4v) is 4.20. The predicted molar refractivity (Wildman–Crippen MR) is 127 cm³/mol. The number of ether oxygens (including phenoxy) is 4. The minimum atomic E-state index is -0.557. The summed E-state index contributed by atoms with van der Waals surface area (Å²) in [5, 5.41) is 19.1. The van der Waals surface area contributed by atoms with Crippen LogP contribution in [-0.2, 0) is 25.5 Å². The maximum atomic E-state index is 12.9. The molecule has 0 radical (unpaired) electrons. The molecule has 0 aliphatic heterocycles. The fraction of sp³-hybridized carbons (Fsp3) is 0.320. The Bertz CT molecular complexity index is 1230. The van der Waals surface area contributed by atoms with Gasteiger partial charge < -0.3 is 18.9 Å². The summed E-state index contributed by atoms with van der Waals surface area (Å²) in [6.07, 6.45) is 1.17. The average molecular weight is 497 g/mol. The first kappa shape index (κ1) is 27.1. The fourth-order valence-electron chi connectivity index (χ4n) is 3.05. The number of methoxy groups -OCH3 is 1. The molecule has 0 saturated heterocycles. The standard InChI is InChI=1S/C25H24N2O7S/c1-5-32-23(29)14-34-20-8-7-16(10-21(20)31-4)9-17(12-26)19(28)11-22-18(13-27)15(3)24(35-22)25(30)33-6-2/h7-10H,5-6,11,14H2,1-4H3/b17-9+. The minimum absolute atomic E-state index is 0.139. The molecule has 0 N–H and O–H groups in total. The van der Waals surface area contributed by atoms with Gasteiger partial charge >= 0.3 is 11.9 Å². The molecule has 9 nitrogen and oxygen atoms in total. The van der Waals surface area contributed by atoms with Crippen molar-refractivity contribution in [3.05, 3.63) is 50.2 Å². The van der Waals surface area contributed by atoms with Gasteiger partial charge in [-0.1, -0.05) is 6.07 Å². The molecular formula is C25H24N2O7S. The van der Waals surface area contributed by atoms with Crippen LogP contribution >= 0.6 is 11.3 Å². The lowest BCUT2D eigenvalue weighted by atomic mass is 10.0. The highest BCUT2D eigenvalue weighted by Crippen LogP contribution is 2.31. The van der Waals surface area contributed by atoms with E-state index >= 15 is 0 Å². The van der Waals surface area contributed by atoms with Crippen molar-refractivity contribution in [1.29, 1.82) is 10.5 Å². The first-order chi connectivity index (χ1) is 16.8. The second-order valence-corrected chi connectivity index (χ2v) is 8.07. The number of ketones is 1. The maximum Gasteiger partial charge on any atom is 0.348 e. The molecule has 2 aromatic rings. The molecule has 0 amide bonds. The molecule has 1 aromatic heterocycles. The molecular weight excluding hydrogens is 472 g/mol. The van der Waals surface area contributed by atoms with Crippen LogP contribution in [0.25, 0.3) is 6.08 Å². The second-order valence-electron chi connectivity index (χ2n) is 6.96. The van der Waals surface area contributed by atoms with Gasteiger partial charge in [-0.3, -0.25) is 4.79 Å². The minimum Gasteiger partial charge on any atom is -0.493 e. The Morgan fingerprint density at radius 1 is 1.09 bits per heavy atom. The van der Waals surface area contributed by atoms with Crippen molar-refractivity contribution in [3.8, 4) is 23.6 Å². The molecule has 0 aliphatic carbocycles. The van der Waals surface area contributed by atoms with Crippen molar-refractivity contribution in [2.45, 2.75) is 27.2 Å². The summed E-state index contributed by atoms with van der Waals surface area (Å²) in [6, 6.07) is 8.62. The summed E-state index contributed by atoms with van der Waals surface area (Å²) in [5.74, 6) is -1.00. The average Bonchev–Trinajstić information content (AvgIpc) is 3.16. The monoisotopic (exact) mass is 496 g/mol. The molecule has 0 fully saturated rings. The van der Waals surface area contributed by atoms with Crippen molar-refractivity contribution in [2.75, 3.05) is 26.9 Å². The molecule has 10 heteroatoms. The molecule has 182 valence electrons. The summed E-state index contributed by atoms with van der Waals surface area (Å²) < 4.78 is 20.5. The number of carbonyl (C=O) groups excluding carboxylic acids is 3. The highest BCUT2D eigenvalue weighted by atomic mass is 32.1. The molecule has 0 saturated carbocycles. The first-order valence-corrected chi connectivity index (χ1v) is 11.4. The van der Waals surface area contributed by atoms with Gasteiger partial charge in [-0.25, -0.2) is 9.59 Å². The van der Waals surface area contributed by atoms with Gasteiger partial charge in [0.25, 0.3) is 0 Å². The maximum absolute atomic E-state index is 12.9. The quantitative estimate of drug-likeness (QED) is 0.259. The Labute approximate surface area is 207 Å². The van der Waals surface area contributed by atoms with Crippen LogP contribution in [0.3, 0.4) is 0 Å². The topological polar surface area (TPSA) is 136 Å². The Balaban J connectivity index is 2.27. The van der Waals surface area contributed by atoms with Gasteiger partial charge in [0.1, 0.15) is 17.0 Å². The number of hydrogen-bond acceptors (Lipinski definition) is 10. The molecule has 0 bridgehead atoms. The number of esters is 2. The number of rotatable bonds is 11. The van der Waals surface area contributed by atoms with Crippen LogP contribution < -0.4 is 9.47 Å². The lowest BCUT2D eigenvalue weighted by Crippen LogP contribution is -2.14. The van der Waals surface area contributed by atoms with Gasteiger partial charge in [0.05, 0.1) is 31.5 Å². The molecule has 1 aromatic carbocycles. The lowest BCUT2D eigenvalue weighted by Gasteiger charge is -2.11. The van der Waals surface area contributed by atoms with E-state index in [2.05, 4.69) is 0 Å². The van der Waals surface area contributed by atoms with E-state index in [-0.39, 0.29) is 42.3 Å². The molecule has 0 unspecified atom stereocenters. The summed E-state index contributed by atoms with van der Waals surface area (Å²) in [7, 11) is 1.42. The predicted octanol–water partition coefficient (Wildman–Crippen LogP) is 3.77. The second kappa shape index (κ2) is 12.9. The number of carbonyl (C=O) groups is 3. The normalized spacial score (nSPS) is 10.6. The molecule has 0 atom stereocenters. The number of thiophene rings is 1. The number of nitrogens with zero attached hydrogens (tertiary/aromatic N) is 2. The van der Waals surface area contributed by atoms with E-state index in [0.717, 1.165) is 11.3 Å². The van der Waals surface area contributed by atoms with Gasteiger partial charge in [0.15, 0.2) is 23.9 Å². The summed E-state index contributed by atoms with van der Waals surface area (Å²) >= 11 is 1.01. The van der Waals surface area contributed by atoms with Crippen molar-refractivity contribution in [1.82, 2.24) is 0 Å². The number of allylic oxidation sites excluding steroid dienone is 1. The van der Waals surface area contributed by atoms with E-state index in [0.29, 0.717) is 27.5 Å². The zero-order valence-corrected chi connectivity index (χ0v) is 20.6. The zero-order valence-electron chi connectivity index (χ0n) is 19.8. The number of hydrogen-bond donors (Lipinski definition) is 0. The van der Waals surface area contributed by atoms with E-state index in [1.807, 2.05) is 12.1 Å². The first-order valence-electron chi connectivity index (χ1n) is 10.6. The SMILES string of the molecule is CCOC(=O)COc1ccc(/C=C(\C#N)C(=O)Cc2sc(C(=O)OCC)c(C)c2C#N)cc1OC. The van der Waals surface area contributed by atoms with Crippen LogP contribution in [0.5, 0.6) is 11.5 Å². The van der Waals surface area contributed by atoms with E-state index in [1.165, 1.54) is 13.2 Å². The number of benzene rings is 1. The van der Waals surface area contributed by atoms with Crippen LogP contribution in [0.2, 0.25) is 0 Å². The molecule has 0 aliphatic rings. The van der Waals surface area contributed by atoms with Crippen LogP contribution in [0, 0.1) is 29.6 Å². The molecule has 35 heavy (non-hydrogen) atoms. The third kappa shape index (κ3) is 6.92. The van der Waals surface area contributed by atoms with E-state index in [9.17, 15) is 24.9 Å². The van der Waals surface area contributed by atoms with Crippen molar-refractivity contribution >= 4 is 35.1 Å². The third-order valence-corrected chi connectivity index (χ3v) is 5.96. The Morgan fingerprint density at radius 3 is 2.40 bits per heavy atom. The van der Waals surface area contributed by atoms with Crippen LogP contribution in [-0.4, -0.2) is 44.7 Å². The highest BCUT2D eigenvalue weighted by Gasteiger charge is 2.23. The summed E-state index contributed by atoms with van der Waals surface area (Å²) in [6.45, 7) is 5.11. The Hall–Kier alpha value is -4.15. The van der Waals surface area contributed by atoms with Crippen LogP contribution in [0.4, 0.5) is 0 Å². The van der Waals surface area contributed by atoms with Gasteiger partial charge in [0, 0.05) is 11.3 Å². The smallest absolute Gasteiger partial charge is 0.348 e. The molecule has 0 spiro atoms. The zero-order chi connectivity index (χ0) is 26.0. The largest absolute Gasteiger partial charge is 0.493 e. The van der Waals surface area contributed by atoms with Crippen LogP contribution in [0.1, 0.15) is 45.1 Å². The number of nitriles is 2. The van der Waals surface area contributed by atoms with Gasteiger partial charge in [-0.15, -0.1) is 11.3 Å². The number of Topliss-reactive ketones (excluding diaryl/α,β-unsaturated/α-hetero) is 1. The highest BCUT2D eigenvalue weighted by molar-refractivity contribution is 7.14. The van der Waals surface area contributed by atoms with Crippen molar-refractivity contribution in [2.24, 2.45) is 0 Å². The Kier molecular flexibility index (Phi) is 10.0.